The number of hydrogen-bond donors (Lipinski definition) is 0. The average molecular weight is 414 g/mol. The molecule has 1 aliphatic heterocycles. The Balaban J connectivity index is 2.72. The number of aromatic nitrogens is 1. The van der Waals surface area contributed by atoms with Crippen LogP contribution in [0.25, 0.3) is 0 Å². The van der Waals surface area contributed by atoms with E-state index in [0.29, 0.717) is 5.56 Å². The van der Waals surface area contributed by atoms with Crippen molar-refractivity contribution in [2.24, 2.45) is 0 Å². The third kappa shape index (κ3) is 3.37. The van der Waals surface area contributed by atoms with Gasteiger partial charge in [-0.15, -0.1) is 0 Å². The zero-order chi connectivity index (χ0) is 21.2. The summed E-state index contributed by atoms with van der Waals surface area (Å²) in [7, 11) is 24.6. The quantitative estimate of drug-likeness (QED) is 0.357. The van der Waals surface area contributed by atoms with Crippen LogP contribution < -0.4 is 0 Å². The molecule has 0 spiro atoms. The number of halogens is 1. The lowest BCUT2D eigenvalue weighted by Crippen LogP contribution is -2.95. The lowest BCUT2D eigenvalue weighted by molar-refractivity contribution is -0.0119. The third-order valence-electron chi connectivity index (χ3n) is 7.08. The molecule has 27 heavy (non-hydrogen) atoms. The molecule has 0 radical (unpaired) electrons. The largest absolute Gasteiger partial charge is 0.358 e. The third-order valence-corrected chi connectivity index (χ3v) is 7.55. The minimum Gasteiger partial charge on any atom is -0.358 e. The van der Waals surface area contributed by atoms with Crippen molar-refractivity contribution >= 4 is 108 Å². The highest BCUT2D eigenvalue weighted by Crippen LogP contribution is 2.44. The molecule has 2 rings (SSSR count). The molecule has 4 nitrogen and oxygen atoms in total. The molecule has 1 amide bonds. The molecular formula is C11H25B11BrN3O. The van der Waals surface area contributed by atoms with Crippen LogP contribution in [0.2, 0.25) is 0 Å². The molecule has 2 heterocycles. The van der Waals surface area contributed by atoms with Gasteiger partial charge in [-0.05, 0) is 49.4 Å². The van der Waals surface area contributed by atoms with Crippen molar-refractivity contribution in [2.45, 2.75) is 26.6 Å². The highest BCUT2D eigenvalue weighted by atomic mass is 79.9. The zero-order valence-corrected chi connectivity index (χ0v) is 20.4. The normalized spacial score (nSPS) is 23.5. The number of rotatable bonds is 2. The Morgan fingerprint density at radius 2 is 1.33 bits per heavy atom. The first-order valence-electron chi connectivity index (χ1n) is 9.67. The van der Waals surface area contributed by atoms with Crippen molar-refractivity contribution in [1.82, 2.24) is 14.8 Å². The van der Waals surface area contributed by atoms with Crippen LogP contribution in [0.15, 0.2) is 22.9 Å². The fourth-order valence-electron chi connectivity index (χ4n) is 5.31. The van der Waals surface area contributed by atoms with Crippen molar-refractivity contribution in [1.29, 1.82) is 0 Å². The van der Waals surface area contributed by atoms with Crippen molar-refractivity contribution < 1.29 is 4.79 Å². The summed E-state index contributed by atoms with van der Waals surface area (Å²) in [5, 5.41) is -1.34. The summed E-state index contributed by atoms with van der Waals surface area (Å²) in [4.78, 5) is 22.7. The monoisotopic (exact) mass is 415 g/mol. The predicted octanol–water partition coefficient (Wildman–Crippen LogP) is -10.2. The van der Waals surface area contributed by atoms with E-state index in [9.17, 15) is 4.79 Å². The van der Waals surface area contributed by atoms with E-state index in [1.807, 2.05) is 12.1 Å². The molecule has 1 saturated heterocycles. The molecule has 16 heteroatoms. The fraction of sp³-hybridized carbons (Fsp3) is 0.455. The molecule has 0 atom stereocenters. The van der Waals surface area contributed by atoms with Gasteiger partial charge >= 0.3 is 0 Å². The summed E-state index contributed by atoms with van der Waals surface area (Å²) in [6.07, 6.45) is 1.66. The Hall–Kier alpha value is -0.226. The van der Waals surface area contributed by atoms with E-state index in [1.165, 1.54) is 0 Å². The Morgan fingerprint density at radius 3 is 1.67 bits per heavy atom. The minimum atomic E-state index is -0.399. The van der Waals surface area contributed by atoms with E-state index < -0.39 is 10.7 Å². The first-order valence-corrected chi connectivity index (χ1v) is 10.5. The maximum Gasteiger partial charge on any atom is 0.253 e. The van der Waals surface area contributed by atoms with Gasteiger partial charge in [0.2, 0.25) is 0 Å². The molecule has 1 aliphatic rings. The number of carbonyl (C=O) groups excluding carboxylic acids is 1. The Morgan fingerprint density at radius 1 is 0.889 bits per heavy atom. The van der Waals surface area contributed by atoms with Crippen LogP contribution in [0.1, 0.15) is 10.4 Å². The van der Waals surface area contributed by atoms with Gasteiger partial charge in [0.05, 0.1) is 5.56 Å². The van der Waals surface area contributed by atoms with Crippen LogP contribution in [0.5, 0.6) is 0 Å². The van der Waals surface area contributed by atoms with Gasteiger partial charge in [-0.3, -0.25) is 4.79 Å². The van der Waals surface area contributed by atoms with Gasteiger partial charge in [0.25, 0.3) is 5.91 Å². The highest BCUT2D eigenvalue weighted by molar-refractivity contribution is 9.10. The first-order chi connectivity index (χ1) is 11.9. The van der Waals surface area contributed by atoms with E-state index in [1.54, 1.807) is 6.20 Å². The van der Waals surface area contributed by atoms with Crippen LogP contribution in [-0.2, 0) is 0 Å². The number of pyridine rings is 1. The second-order valence-electron chi connectivity index (χ2n) is 10.8. The van der Waals surface area contributed by atoms with E-state index >= 15 is 0 Å². The first kappa shape index (κ1) is 23.1. The lowest BCUT2D eigenvalue weighted by Gasteiger charge is -2.77. The van der Waals surface area contributed by atoms with Gasteiger partial charge in [0, 0.05) is 6.20 Å². The minimum absolute atomic E-state index is 0.0275. The zero-order valence-electron chi connectivity index (χ0n) is 18.9. The smallest absolute Gasteiger partial charge is 0.253 e. The number of amides is 1. The number of piperazine rings is 1. The highest BCUT2D eigenvalue weighted by Gasteiger charge is 2.64. The SMILES string of the molecule is BC(B)(B)N1C(B)(B)C(B)(B)N(C(=O)c2ccc(Br)nc2)C(B)(B)C1(B)B. The topological polar surface area (TPSA) is 36.4 Å². The fourth-order valence-corrected chi connectivity index (χ4v) is 5.54. The van der Waals surface area contributed by atoms with Crippen molar-refractivity contribution in [3.63, 3.8) is 0 Å². The molecule has 1 fully saturated rings. The lowest BCUT2D eigenvalue weighted by atomic mass is 9.24. The van der Waals surface area contributed by atoms with Crippen molar-refractivity contribution in [2.75, 3.05) is 0 Å². The number of hydrogen-bond acceptors (Lipinski definition) is 3. The molecular weight excluding hydrogens is 389 g/mol. The average Bonchev–Trinajstić information content (AvgIpc) is 2.43. The Labute approximate surface area is 182 Å². The summed E-state index contributed by atoms with van der Waals surface area (Å²) in [5.74, 6) is 0.0275. The second kappa shape index (κ2) is 6.65. The van der Waals surface area contributed by atoms with Crippen molar-refractivity contribution in [3.8, 4) is 0 Å². The van der Waals surface area contributed by atoms with Gasteiger partial charge in [-0.1, -0.05) is 5.24 Å². The van der Waals surface area contributed by atoms with Crippen LogP contribution in [0, 0.1) is 0 Å². The maximum absolute atomic E-state index is 13.7. The van der Waals surface area contributed by atoms with Crippen LogP contribution in [0.4, 0.5) is 0 Å². The Bertz CT molecular complexity index is 721. The van der Waals surface area contributed by atoms with E-state index in [2.05, 4.69) is 117 Å². The van der Waals surface area contributed by atoms with Crippen LogP contribution in [0.3, 0.4) is 0 Å². The molecule has 0 aromatic carbocycles. The second-order valence-corrected chi connectivity index (χ2v) is 11.6. The molecule has 0 aliphatic carbocycles. The molecule has 0 saturated carbocycles. The van der Waals surface area contributed by atoms with E-state index in [4.69, 9.17) is 0 Å². The summed E-state index contributed by atoms with van der Waals surface area (Å²) in [6.45, 7) is 0. The molecule has 1 aromatic rings. The summed E-state index contributed by atoms with van der Waals surface area (Å²) in [6, 6.07) is 3.68. The molecule has 1 aromatic heterocycles. The van der Waals surface area contributed by atoms with Gasteiger partial charge in [-0.25, -0.2) is 4.98 Å². The van der Waals surface area contributed by atoms with Crippen LogP contribution >= 0.6 is 15.9 Å². The van der Waals surface area contributed by atoms with Crippen molar-refractivity contribution in [3.05, 3.63) is 28.5 Å². The van der Waals surface area contributed by atoms with E-state index in [-0.39, 0.29) is 21.8 Å². The van der Waals surface area contributed by atoms with E-state index in [0.717, 1.165) is 4.60 Å². The summed E-state index contributed by atoms with van der Waals surface area (Å²) < 4.78 is 0.732. The summed E-state index contributed by atoms with van der Waals surface area (Å²) in [5.41, 5.74) is 0.621. The molecule has 0 N–H and O–H groups in total. The predicted molar refractivity (Wildman–Crippen MR) is 148 cm³/mol. The van der Waals surface area contributed by atoms with Gasteiger partial charge in [-0.2, -0.15) is 0 Å². The Kier molecular flexibility index (Phi) is 5.68. The van der Waals surface area contributed by atoms with Gasteiger partial charge < -0.3 is 9.80 Å². The summed E-state index contributed by atoms with van der Waals surface area (Å²) >= 11 is 3.36. The van der Waals surface area contributed by atoms with Crippen LogP contribution in [-0.4, -0.2) is 134 Å². The number of nitrogens with zero attached hydrogens (tertiary/aromatic N) is 3. The molecule has 0 bridgehead atoms. The van der Waals surface area contributed by atoms with Gasteiger partial charge in [0.15, 0.2) is 0 Å². The molecule has 0 unspecified atom stereocenters. The molecule has 130 valence electrons. The maximum atomic E-state index is 13.7. The number of carbonyl (C=O) groups is 1. The van der Waals surface area contributed by atoms with Gasteiger partial charge in [0.1, 0.15) is 90.9 Å². The standard InChI is InChI=1S/C11H25B11BrN3O/c12-7(13)9(16,17)26(11(20,21)22)10(18,19)8(14,15)25(7)6(27)4-1-2-5(23)24-3-4/h1-3H,12-22H2.